The highest BCUT2D eigenvalue weighted by Crippen LogP contribution is 2.27. The number of hydrogen-bond donors (Lipinski definition) is 0. The topological polar surface area (TPSA) is 59.5 Å². The first-order valence-electron chi connectivity index (χ1n) is 8.07. The number of hydrogen-bond acceptors (Lipinski definition) is 5. The standard InChI is InChI=1S/C17H22N2O3S2/c1-17(2,3)22-16(20)19-10-6-7-12(19)11-24(21)15-18-13-8-4-5-9-14(13)23-15/h4-5,8-9,12H,6-7,10-11H2,1-3H3. The Bertz CT molecular complexity index is 734. The van der Waals surface area contributed by atoms with Gasteiger partial charge in [0.05, 0.1) is 26.8 Å². The van der Waals surface area contributed by atoms with E-state index in [0.29, 0.717) is 16.6 Å². The van der Waals surface area contributed by atoms with E-state index >= 15 is 0 Å². The minimum absolute atomic E-state index is 0.0484. The van der Waals surface area contributed by atoms with Crippen LogP contribution in [0, 0.1) is 0 Å². The Balaban J connectivity index is 1.69. The second kappa shape index (κ2) is 6.80. The van der Waals surface area contributed by atoms with Crippen LogP contribution in [0.25, 0.3) is 10.2 Å². The van der Waals surface area contributed by atoms with E-state index in [-0.39, 0.29) is 12.1 Å². The van der Waals surface area contributed by atoms with Crippen LogP contribution in [-0.4, -0.2) is 44.1 Å². The number of aromatic nitrogens is 1. The monoisotopic (exact) mass is 366 g/mol. The fourth-order valence-electron chi connectivity index (χ4n) is 2.76. The lowest BCUT2D eigenvalue weighted by Gasteiger charge is -2.28. The molecule has 0 bridgehead atoms. The van der Waals surface area contributed by atoms with Gasteiger partial charge in [0.2, 0.25) is 0 Å². The van der Waals surface area contributed by atoms with E-state index in [1.807, 2.05) is 45.0 Å². The second-order valence-electron chi connectivity index (χ2n) is 6.93. The van der Waals surface area contributed by atoms with Gasteiger partial charge < -0.3 is 9.64 Å². The van der Waals surface area contributed by atoms with Crippen molar-refractivity contribution in [3.05, 3.63) is 24.3 Å². The largest absolute Gasteiger partial charge is 0.444 e. The van der Waals surface area contributed by atoms with Crippen molar-refractivity contribution < 1.29 is 13.7 Å². The van der Waals surface area contributed by atoms with Crippen molar-refractivity contribution in [1.29, 1.82) is 0 Å². The number of amides is 1. The third kappa shape index (κ3) is 3.95. The van der Waals surface area contributed by atoms with Crippen molar-refractivity contribution in [2.24, 2.45) is 0 Å². The molecule has 1 fully saturated rings. The van der Waals surface area contributed by atoms with Gasteiger partial charge in [0.15, 0.2) is 4.34 Å². The summed E-state index contributed by atoms with van der Waals surface area (Å²) in [5, 5.41) is 0. The summed E-state index contributed by atoms with van der Waals surface area (Å²) in [6, 6.07) is 7.74. The number of ether oxygens (including phenoxy) is 1. The van der Waals surface area contributed by atoms with E-state index in [2.05, 4.69) is 4.98 Å². The number of para-hydroxylation sites is 1. The van der Waals surface area contributed by atoms with E-state index in [9.17, 15) is 9.00 Å². The van der Waals surface area contributed by atoms with Gasteiger partial charge in [-0.25, -0.2) is 9.78 Å². The van der Waals surface area contributed by atoms with Crippen LogP contribution in [0.15, 0.2) is 28.6 Å². The number of fused-ring (bicyclic) bond motifs is 1. The molecule has 5 nitrogen and oxygen atoms in total. The molecule has 130 valence electrons. The van der Waals surface area contributed by atoms with Gasteiger partial charge in [0, 0.05) is 12.6 Å². The molecule has 2 aromatic rings. The molecule has 2 atom stereocenters. The molecule has 0 radical (unpaired) electrons. The summed E-state index contributed by atoms with van der Waals surface area (Å²) in [6.45, 7) is 6.23. The van der Waals surface area contributed by atoms with Gasteiger partial charge >= 0.3 is 6.09 Å². The zero-order valence-electron chi connectivity index (χ0n) is 14.2. The van der Waals surface area contributed by atoms with Crippen LogP contribution in [0.3, 0.4) is 0 Å². The first-order valence-corrected chi connectivity index (χ1v) is 10.2. The lowest BCUT2D eigenvalue weighted by atomic mass is 10.2. The van der Waals surface area contributed by atoms with Gasteiger partial charge in [-0.2, -0.15) is 0 Å². The van der Waals surface area contributed by atoms with Gasteiger partial charge in [0.1, 0.15) is 5.60 Å². The fraction of sp³-hybridized carbons (Fsp3) is 0.529. The first kappa shape index (κ1) is 17.4. The molecule has 3 rings (SSSR count). The zero-order valence-corrected chi connectivity index (χ0v) is 15.8. The molecular weight excluding hydrogens is 344 g/mol. The first-order chi connectivity index (χ1) is 11.3. The lowest BCUT2D eigenvalue weighted by Crippen LogP contribution is -2.42. The Labute approximate surface area is 148 Å². The molecule has 1 aliphatic rings. The van der Waals surface area contributed by atoms with Crippen LogP contribution in [0.5, 0.6) is 0 Å². The van der Waals surface area contributed by atoms with Gasteiger partial charge in [-0.05, 0) is 45.7 Å². The molecule has 1 saturated heterocycles. The highest BCUT2D eigenvalue weighted by Gasteiger charge is 2.33. The molecular formula is C17H22N2O3S2. The van der Waals surface area contributed by atoms with Crippen molar-refractivity contribution in [1.82, 2.24) is 9.88 Å². The van der Waals surface area contributed by atoms with E-state index in [4.69, 9.17) is 4.74 Å². The predicted octanol–water partition coefficient (Wildman–Crippen LogP) is 3.80. The van der Waals surface area contributed by atoms with Crippen molar-refractivity contribution in [3.63, 3.8) is 0 Å². The van der Waals surface area contributed by atoms with Crippen LogP contribution in [0.1, 0.15) is 33.6 Å². The van der Waals surface area contributed by atoms with E-state index in [1.165, 1.54) is 11.3 Å². The van der Waals surface area contributed by atoms with E-state index in [0.717, 1.165) is 23.1 Å². The quantitative estimate of drug-likeness (QED) is 0.829. The maximum atomic E-state index is 12.7. The normalized spacial score (nSPS) is 19.6. The van der Waals surface area contributed by atoms with E-state index in [1.54, 1.807) is 4.90 Å². The number of carbonyl (C=O) groups is 1. The molecule has 7 heteroatoms. The van der Waals surface area contributed by atoms with Crippen molar-refractivity contribution >= 4 is 38.4 Å². The average molecular weight is 367 g/mol. The Morgan fingerprint density at radius 2 is 2.17 bits per heavy atom. The Morgan fingerprint density at radius 1 is 1.42 bits per heavy atom. The minimum Gasteiger partial charge on any atom is -0.444 e. The Kier molecular flexibility index (Phi) is 4.92. The highest BCUT2D eigenvalue weighted by molar-refractivity contribution is 7.87. The fourth-order valence-corrected chi connectivity index (χ4v) is 5.35. The molecule has 1 amide bonds. The van der Waals surface area contributed by atoms with Gasteiger partial charge in [-0.15, -0.1) is 11.3 Å². The third-order valence-electron chi connectivity index (χ3n) is 3.82. The average Bonchev–Trinajstić information content (AvgIpc) is 3.11. The molecule has 0 spiro atoms. The van der Waals surface area contributed by atoms with Crippen molar-refractivity contribution in [3.8, 4) is 0 Å². The SMILES string of the molecule is CC(C)(C)OC(=O)N1CCCC1CS(=O)c1nc2ccccc2s1. The molecule has 1 aromatic heterocycles. The number of benzene rings is 1. The van der Waals surface area contributed by atoms with Crippen molar-refractivity contribution in [2.45, 2.75) is 49.6 Å². The summed E-state index contributed by atoms with van der Waals surface area (Å²) in [5.41, 5.74) is 0.359. The number of likely N-dealkylation sites (tertiary alicyclic amines) is 1. The summed E-state index contributed by atoms with van der Waals surface area (Å²) >= 11 is 1.46. The highest BCUT2D eigenvalue weighted by atomic mass is 32.2. The molecule has 2 heterocycles. The maximum absolute atomic E-state index is 12.7. The summed E-state index contributed by atoms with van der Waals surface area (Å²) < 4.78 is 19.8. The number of carbonyl (C=O) groups excluding carboxylic acids is 1. The van der Waals surface area contributed by atoms with Crippen LogP contribution in [0.4, 0.5) is 4.79 Å². The maximum Gasteiger partial charge on any atom is 0.410 e. The minimum atomic E-state index is -1.21. The van der Waals surface area contributed by atoms with Gasteiger partial charge in [-0.1, -0.05) is 12.1 Å². The molecule has 0 saturated carbocycles. The Hall–Kier alpha value is -1.47. The molecule has 24 heavy (non-hydrogen) atoms. The third-order valence-corrected chi connectivity index (χ3v) is 6.62. The number of rotatable bonds is 3. The molecule has 1 aromatic carbocycles. The van der Waals surface area contributed by atoms with Crippen LogP contribution in [0.2, 0.25) is 0 Å². The van der Waals surface area contributed by atoms with Crippen molar-refractivity contribution in [2.75, 3.05) is 12.3 Å². The van der Waals surface area contributed by atoms with Gasteiger partial charge in [0.25, 0.3) is 0 Å². The lowest BCUT2D eigenvalue weighted by molar-refractivity contribution is 0.0241. The molecule has 1 aliphatic heterocycles. The summed E-state index contributed by atoms with van der Waals surface area (Å²) in [7, 11) is -1.21. The summed E-state index contributed by atoms with van der Waals surface area (Å²) in [5.74, 6) is 0.416. The summed E-state index contributed by atoms with van der Waals surface area (Å²) in [4.78, 5) is 18.5. The summed E-state index contributed by atoms with van der Waals surface area (Å²) in [6.07, 6.45) is 1.46. The molecule has 2 unspecified atom stereocenters. The molecule has 0 aliphatic carbocycles. The zero-order chi connectivity index (χ0) is 17.3. The number of nitrogens with zero attached hydrogens (tertiary/aromatic N) is 2. The second-order valence-corrected chi connectivity index (χ2v) is 9.63. The Morgan fingerprint density at radius 3 is 2.88 bits per heavy atom. The number of thiazole rings is 1. The van der Waals surface area contributed by atoms with Crippen LogP contribution >= 0.6 is 11.3 Å². The van der Waals surface area contributed by atoms with E-state index < -0.39 is 16.4 Å². The van der Waals surface area contributed by atoms with Crippen LogP contribution in [-0.2, 0) is 15.5 Å². The predicted molar refractivity (Wildman–Crippen MR) is 96.9 cm³/mol. The smallest absolute Gasteiger partial charge is 0.410 e. The van der Waals surface area contributed by atoms with Crippen LogP contribution < -0.4 is 0 Å². The van der Waals surface area contributed by atoms with Gasteiger partial charge in [-0.3, -0.25) is 4.21 Å². The molecule has 0 N–H and O–H groups in total.